The molecule has 0 aliphatic heterocycles. The molecule has 98 valence electrons. The van der Waals surface area contributed by atoms with E-state index in [0.29, 0.717) is 5.54 Å². The Morgan fingerprint density at radius 1 is 1.17 bits per heavy atom. The highest BCUT2D eigenvalue weighted by Crippen LogP contribution is 2.58. The predicted octanol–water partition coefficient (Wildman–Crippen LogP) is 2.31. The molecule has 1 aromatic heterocycles. The fourth-order valence-corrected chi connectivity index (χ4v) is 5.42. The lowest BCUT2D eigenvalue weighted by Crippen LogP contribution is -2.52. The van der Waals surface area contributed by atoms with Gasteiger partial charge in [0.15, 0.2) is 0 Å². The third-order valence-corrected chi connectivity index (χ3v) is 5.58. The van der Waals surface area contributed by atoms with E-state index in [2.05, 4.69) is 15.8 Å². The van der Waals surface area contributed by atoms with Gasteiger partial charge >= 0.3 is 0 Å². The Morgan fingerprint density at radius 3 is 2.33 bits per heavy atom. The highest BCUT2D eigenvalue weighted by atomic mass is 15.3. The number of nitrogens with two attached hydrogens (primary N) is 1. The molecular formula is C15H23N3. The molecule has 0 unspecified atom stereocenters. The van der Waals surface area contributed by atoms with Crippen LogP contribution in [0.15, 0.2) is 12.3 Å². The molecule has 4 saturated carbocycles. The summed E-state index contributed by atoms with van der Waals surface area (Å²) < 4.78 is 2.38. The minimum absolute atomic E-state index is 0.364. The Kier molecular flexibility index (Phi) is 2.35. The van der Waals surface area contributed by atoms with Gasteiger partial charge in [-0.1, -0.05) is 0 Å². The number of aromatic nitrogens is 2. The van der Waals surface area contributed by atoms with Gasteiger partial charge in [-0.05, 0) is 68.9 Å². The highest BCUT2D eigenvalue weighted by Gasteiger charge is 2.52. The molecule has 2 N–H and O–H groups in total. The van der Waals surface area contributed by atoms with Crippen LogP contribution in [0.5, 0.6) is 0 Å². The Morgan fingerprint density at radius 2 is 1.78 bits per heavy atom. The highest BCUT2D eigenvalue weighted by molar-refractivity contribution is 5.11. The molecule has 0 spiro atoms. The molecule has 0 radical (unpaired) electrons. The van der Waals surface area contributed by atoms with Gasteiger partial charge in [-0.15, -0.1) is 0 Å². The third kappa shape index (κ3) is 1.49. The van der Waals surface area contributed by atoms with Crippen molar-refractivity contribution in [1.29, 1.82) is 0 Å². The quantitative estimate of drug-likeness (QED) is 0.888. The monoisotopic (exact) mass is 245 g/mol. The Bertz CT molecular complexity index is 413. The van der Waals surface area contributed by atoms with Crippen LogP contribution < -0.4 is 5.73 Å². The summed E-state index contributed by atoms with van der Waals surface area (Å²) in [6, 6.07) is 2.17. The van der Waals surface area contributed by atoms with Crippen LogP contribution in [-0.2, 0) is 12.0 Å². The molecular weight excluding hydrogens is 222 g/mol. The summed E-state index contributed by atoms with van der Waals surface area (Å²) in [6.45, 7) is 0.734. The summed E-state index contributed by atoms with van der Waals surface area (Å²) in [5, 5.41) is 4.69. The van der Waals surface area contributed by atoms with Crippen LogP contribution in [0, 0.1) is 17.8 Å². The molecule has 3 heteroatoms. The number of hydrogen-bond acceptors (Lipinski definition) is 2. The molecule has 1 heterocycles. The SMILES string of the molecule is NCCc1ccnn1C12CC3CC(CC(C3)C1)C2. The van der Waals surface area contributed by atoms with Crippen LogP contribution in [0.2, 0.25) is 0 Å². The second-order valence-electron chi connectivity index (χ2n) is 6.91. The molecule has 4 aliphatic rings. The van der Waals surface area contributed by atoms with Crippen LogP contribution in [0.1, 0.15) is 44.2 Å². The van der Waals surface area contributed by atoms with Crippen molar-refractivity contribution >= 4 is 0 Å². The largest absolute Gasteiger partial charge is 0.330 e. The fourth-order valence-electron chi connectivity index (χ4n) is 5.42. The average Bonchev–Trinajstić information content (AvgIpc) is 2.76. The van der Waals surface area contributed by atoms with Gasteiger partial charge in [-0.3, -0.25) is 4.68 Å². The van der Waals surface area contributed by atoms with Gasteiger partial charge in [0.1, 0.15) is 0 Å². The average molecular weight is 245 g/mol. The number of nitrogens with zero attached hydrogens (tertiary/aromatic N) is 2. The first-order chi connectivity index (χ1) is 8.79. The van der Waals surface area contributed by atoms with Crippen molar-refractivity contribution in [3.63, 3.8) is 0 Å². The topological polar surface area (TPSA) is 43.8 Å². The van der Waals surface area contributed by atoms with E-state index in [1.54, 1.807) is 0 Å². The maximum absolute atomic E-state index is 5.74. The zero-order valence-electron chi connectivity index (χ0n) is 11.0. The van der Waals surface area contributed by atoms with Crippen LogP contribution in [-0.4, -0.2) is 16.3 Å². The molecule has 0 saturated heterocycles. The van der Waals surface area contributed by atoms with Crippen molar-refractivity contribution in [2.75, 3.05) is 6.54 Å². The van der Waals surface area contributed by atoms with E-state index in [0.717, 1.165) is 30.7 Å². The molecule has 18 heavy (non-hydrogen) atoms. The van der Waals surface area contributed by atoms with Gasteiger partial charge in [-0.25, -0.2) is 0 Å². The third-order valence-electron chi connectivity index (χ3n) is 5.58. The van der Waals surface area contributed by atoms with Gasteiger partial charge < -0.3 is 5.73 Å². The standard InChI is InChI=1S/C15H23N3/c16-3-1-14-2-4-17-18(14)15-8-11-5-12(9-15)7-13(6-11)10-15/h2,4,11-13H,1,3,5-10,16H2. The van der Waals surface area contributed by atoms with E-state index in [-0.39, 0.29) is 0 Å². The van der Waals surface area contributed by atoms with Gasteiger partial charge in [0.25, 0.3) is 0 Å². The molecule has 0 amide bonds. The molecule has 0 aromatic carbocycles. The summed E-state index contributed by atoms with van der Waals surface area (Å²) in [6.07, 6.45) is 11.5. The van der Waals surface area contributed by atoms with E-state index in [4.69, 9.17) is 5.73 Å². The van der Waals surface area contributed by atoms with Gasteiger partial charge in [0.05, 0.1) is 5.54 Å². The summed E-state index contributed by atoms with van der Waals surface area (Å²) in [5.74, 6) is 2.93. The first kappa shape index (κ1) is 11.0. The molecule has 3 nitrogen and oxygen atoms in total. The van der Waals surface area contributed by atoms with Gasteiger partial charge in [0, 0.05) is 18.3 Å². The second kappa shape index (κ2) is 3.83. The second-order valence-corrected chi connectivity index (χ2v) is 6.91. The summed E-state index contributed by atoms with van der Waals surface area (Å²) in [5.41, 5.74) is 7.46. The summed E-state index contributed by atoms with van der Waals surface area (Å²) in [4.78, 5) is 0. The van der Waals surface area contributed by atoms with Crippen LogP contribution in [0.3, 0.4) is 0 Å². The zero-order chi connectivity index (χ0) is 12.2. The molecule has 4 bridgehead atoms. The van der Waals surface area contributed by atoms with Crippen molar-refractivity contribution in [2.45, 2.75) is 50.5 Å². The first-order valence-corrected chi connectivity index (χ1v) is 7.52. The lowest BCUT2D eigenvalue weighted by molar-refractivity contribution is -0.0507. The number of rotatable bonds is 3. The van der Waals surface area contributed by atoms with E-state index in [9.17, 15) is 0 Å². The van der Waals surface area contributed by atoms with Gasteiger partial charge in [-0.2, -0.15) is 5.10 Å². The molecule has 1 aromatic rings. The lowest BCUT2D eigenvalue weighted by atomic mass is 9.53. The summed E-state index contributed by atoms with van der Waals surface area (Å²) in [7, 11) is 0. The molecule has 0 atom stereocenters. The molecule has 5 rings (SSSR count). The normalized spacial score (nSPS) is 41.5. The van der Waals surface area contributed by atoms with E-state index >= 15 is 0 Å². The Balaban J connectivity index is 1.72. The maximum Gasteiger partial charge on any atom is 0.0638 e. The maximum atomic E-state index is 5.74. The minimum Gasteiger partial charge on any atom is -0.330 e. The van der Waals surface area contributed by atoms with Crippen molar-refractivity contribution in [2.24, 2.45) is 23.5 Å². The van der Waals surface area contributed by atoms with Crippen LogP contribution in [0.4, 0.5) is 0 Å². The van der Waals surface area contributed by atoms with Crippen LogP contribution >= 0.6 is 0 Å². The molecule has 4 fully saturated rings. The lowest BCUT2D eigenvalue weighted by Gasteiger charge is -2.57. The predicted molar refractivity (Wildman–Crippen MR) is 71.1 cm³/mol. The van der Waals surface area contributed by atoms with Gasteiger partial charge in [0.2, 0.25) is 0 Å². The summed E-state index contributed by atoms with van der Waals surface area (Å²) >= 11 is 0. The van der Waals surface area contributed by atoms with Crippen molar-refractivity contribution in [3.05, 3.63) is 18.0 Å². The van der Waals surface area contributed by atoms with Crippen molar-refractivity contribution in [3.8, 4) is 0 Å². The fraction of sp³-hybridized carbons (Fsp3) is 0.800. The van der Waals surface area contributed by atoms with Crippen molar-refractivity contribution in [1.82, 2.24) is 9.78 Å². The van der Waals surface area contributed by atoms with E-state index in [1.807, 2.05) is 6.20 Å². The number of hydrogen-bond donors (Lipinski definition) is 1. The smallest absolute Gasteiger partial charge is 0.0638 e. The Hall–Kier alpha value is -0.830. The zero-order valence-corrected chi connectivity index (χ0v) is 11.0. The van der Waals surface area contributed by atoms with Crippen molar-refractivity contribution < 1.29 is 0 Å². The van der Waals surface area contributed by atoms with E-state index < -0.39 is 0 Å². The molecule has 4 aliphatic carbocycles. The Labute approximate surface area is 109 Å². The first-order valence-electron chi connectivity index (χ1n) is 7.52. The van der Waals surface area contributed by atoms with Crippen LogP contribution in [0.25, 0.3) is 0 Å². The minimum atomic E-state index is 0.364. The van der Waals surface area contributed by atoms with E-state index in [1.165, 1.54) is 44.2 Å².